The van der Waals surface area contributed by atoms with E-state index >= 15 is 0 Å². The molecule has 0 aromatic heterocycles. The van der Waals surface area contributed by atoms with E-state index in [1.54, 1.807) is 0 Å². The highest BCUT2D eigenvalue weighted by Gasteiger charge is 2.38. The normalized spacial score (nSPS) is 23.9. The quantitative estimate of drug-likeness (QED) is 0.939. The zero-order valence-corrected chi connectivity index (χ0v) is 14.2. The van der Waals surface area contributed by atoms with E-state index in [1.165, 1.54) is 5.56 Å². The molecule has 0 unspecified atom stereocenters. The van der Waals surface area contributed by atoms with Crippen LogP contribution >= 0.6 is 0 Å². The van der Waals surface area contributed by atoms with Gasteiger partial charge in [-0.05, 0) is 30.9 Å². The first-order chi connectivity index (χ1) is 11.5. The van der Waals surface area contributed by atoms with Gasteiger partial charge < -0.3 is 10.0 Å². The van der Waals surface area contributed by atoms with Crippen molar-refractivity contribution in [1.82, 2.24) is 4.90 Å². The third-order valence-electron chi connectivity index (χ3n) is 5.08. The molecular formula is C21H25NO2. The molecule has 2 aromatic carbocycles. The summed E-state index contributed by atoms with van der Waals surface area (Å²) in [7, 11) is 0. The summed E-state index contributed by atoms with van der Waals surface area (Å²) >= 11 is 0. The minimum Gasteiger partial charge on any atom is -0.390 e. The predicted molar refractivity (Wildman–Crippen MR) is 95.6 cm³/mol. The average molecular weight is 323 g/mol. The van der Waals surface area contributed by atoms with Gasteiger partial charge in [0.15, 0.2) is 0 Å². The van der Waals surface area contributed by atoms with Crippen molar-refractivity contribution >= 4 is 5.91 Å². The standard InChI is InChI=1S/C21H25NO2/c1-21(24)12-13-22(20(23)15-18-10-6-3-7-11-18)16-19(21)14-17-8-4-2-5-9-17/h2-11,19,24H,12-16H2,1H3/t19-,21+/m0/s1. The molecule has 126 valence electrons. The van der Waals surface area contributed by atoms with Crippen molar-refractivity contribution in [2.24, 2.45) is 5.92 Å². The van der Waals surface area contributed by atoms with Gasteiger partial charge in [0.05, 0.1) is 12.0 Å². The Labute approximate surface area is 143 Å². The molecule has 1 fully saturated rings. The van der Waals surface area contributed by atoms with Gasteiger partial charge in [-0.1, -0.05) is 60.7 Å². The van der Waals surface area contributed by atoms with Gasteiger partial charge >= 0.3 is 0 Å². The van der Waals surface area contributed by atoms with Crippen LogP contribution in [0.5, 0.6) is 0 Å². The van der Waals surface area contributed by atoms with Gasteiger partial charge in [-0.15, -0.1) is 0 Å². The van der Waals surface area contributed by atoms with E-state index in [2.05, 4.69) is 12.1 Å². The molecular weight excluding hydrogens is 298 g/mol. The van der Waals surface area contributed by atoms with Crippen molar-refractivity contribution < 1.29 is 9.90 Å². The second kappa shape index (κ2) is 7.18. The Morgan fingerprint density at radius 1 is 1.08 bits per heavy atom. The summed E-state index contributed by atoms with van der Waals surface area (Å²) in [6.07, 6.45) is 1.86. The van der Waals surface area contributed by atoms with Gasteiger partial charge in [0.2, 0.25) is 5.91 Å². The highest BCUT2D eigenvalue weighted by atomic mass is 16.3. The zero-order valence-electron chi connectivity index (χ0n) is 14.2. The Balaban J connectivity index is 1.67. The lowest BCUT2D eigenvalue weighted by Crippen LogP contribution is -2.53. The number of hydrogen-bond donors (Lipinski definition) is 1. The number of carbonyl (C=O) groups is 1. The molecule has 3 heteroatoms. The highest BCUT2D eigenvalue weighted by Crippen LogP contribution is 2.30. The van der Waals surface area contributed by atoms with E-state index in [0.717, 1.165) is 12.0 Å². The van der Waals surface area contributed by atoms with Crippen LogP contribution in [-0.2, 0) is 17.6 Å². The molecule has 1 N–H and O–H groups in total. The maximum Gasteiger partial charge on any atom is 0.227 e. The lowest BCUT2D eigenvalue weighted by atomic mass is 9.78. The molecule has 24 heavy (non-hydrogen) atoms. The molecule has 1 aliphatic heterocycles. The molecule has 0 aliphatic carbocycles. The highest BCUT2D eigenvalue weighted by molar-refractivity contribution is 5.78. The van der Waals surface area contributed by atoms with Crippen LogP contribution in [0.25, 0.3) is 0 Å². The summed E-state index contributed by atoms with van der Waals surface area (Å²) in [5.74, 6) is 0.211. The Bertz CT molecular complexity index is 667. The first-order valence-electron chi connectivity index (χ1n) is 8.62. The average Bonchev–Trinajstić information content (AvgIpc) is 2.58. The van der Waals surface area contributed by atoms with Gasteiger partial charge in [-0.3, -0.25) is 4.79 Å². The van der Waals surface area contributed by atoms with E-state index in [-0.39, 0.29) is 11.8 Å². The number of rotatable bonds is 4. The fourth-order valence-corrected chi connectivity index (χ4v) is 3.41. The zero-order chi connectivity index (χ0) is 17.0. The van der Waals surface area contributed by atoms with Gasteiger partial charge in [-0.25, -0.2) is 0 Å². The lowest BCUT2D eigenvalue weighted by Gasteiger charge is -2.43. The summed E-state index contributed by atoms with van der Waals surface area (Å²) in [6, 6.07) is 20.1. The topological polar surface area (TPSA) is 40.5 Å². The summed E-state index contributed by atoms with van der Waals surface area (Å²) in [6.45, 7) is 3.15. The maximum atomic E-state index is 12.6. The first-order valence-corrected chi connectivity index (χ1v) is 8.62. The molecule has 1 aliphatic rings. The summed E-state index contributed by atoms with van der Waals surface area (Å²) in [5.41, 5.74) is 1.53. The maximum absolute atomic E-state index is 12.6. The van der Waals surface area contributed by atoms with Crippen LogP contribution in [-0.4, -0.2) is 34.6 Å². The SMILES string of the molecule is C[C@@]1(O)CCN(C(=O)Cc2ccccc2)C[C@@H]1Cc1ccccc1. The number of likely N-dealkylation sites (tertiary alicyclic amines) is 1. The number of hydrogen-bond acceptors (Lipinski definition) is 2. The van der Waals surface area contributed by atoms with E-state index < -0.39 is 5.60 Å². The third-order valence-corrected chi connectivity index (χ3v) is 5.08. The smallest absolute Gasteiger partial charge is 0.227 e. The van der Waals surface area contributed by atoms with Crippen LogP contribution < -0.4 is 0 Å². The molecule has 0 bridgehead atoms. The fraction of sp³-hybridized carbons (Fsp3) is 0.381. The Morgan fingerprint density at radius 2 is 1.67 bits per heavy atom. The van der Waals surface area contributed by atoms with E-state index in [0.29, 0.717) is 25.9 Å². The minimum absolute atomic E-state index is 0.0633. The molecule has 2 aromatic rings. The van der Waals surface area contributed by atoms with Gasteiger partial charge in [-0.2, -0.15) is 0 Å². The summed E-state index contributed by atoms with van der Waals surface area (Å²) in [4.78, 5) is 14.5. The monoisotopic (exact) mass is 323 g/mol. The number of amides is 1. The largest absolute Gasteiger partial charge is 0.390 e. The molecule has 0 spiro atoms. The van der Waals surface area contributed by atoms with Crippen molar-refractivity contribution in [3.05, 3.63) is 71.8 Å². The molecule has 0 saturated carbocycles. The van der Waals surface area contributed by atoms with Crippen molar-refractivity contribution in [2.45, 2.75) is 31.8 Å². The molecule has 3 rings (SSSR count). The summed E-state index contributed by atoms with van der Waals surface area (Å²) in [5, 5.41) is 10.7. The molecule has 0 radical (unpaired) electrons. The van der Waals surface area contributed by atoms with Gasteiger partial charge in [0.1, 0.15) is 0 Å². The Kier molecular flexibility index (Phi) is 5.00. The molecule has 1 amide bonds. The second-order valence-corrected chi connectivity index (χ2v) is 7.00. The van der Waals surface area contributed by atoms with Crippen LogP contribution in [0.4, 0.5) is 0 Å². The number of piperidine rings is 1. The van der Waals surface area contributed by atoms with Crippen LogP contribution in [0.2, 0.25) is 0 Å². The van der Waals surface area contributed by atoms with Crippen LogP contribution in [0.3, 0.4) is 0 Å². The predicted octanol–water partition coefficient (Wildman–Crippen LogP) is 3.07. The fourth-order valence-electron chi connectivity index (χ4n) is 3.41. The van der Waals surface area contributed by atoms with E-state index in [9.17, 15) is 9.90 Å². The molecule has 3 nitrogen and oxygen atoms in total. The lowest BCUT2D eigenvalue weighted by molar-refractivity contribution is -0.138. The first kappa shape index (κ1) is 16.7. The van der Waals surface area contributed by atoms with E-state index in [4.69, 9.17) is 0 Å². The van der Waals surface area contributed by atoms with E-state index in [1.807, 2.05) is 60.4 Å². The summed E-state index contributed by atoms with van der Waals surface area (Å²) < 4.78 is 0. The van der Waals surface area contributed by atoms with Crippen molar-refractivity contribution in [1.29, 1.82) is 0 Å². The second-order valence-electron chi connectivity index (χ2n) is 7.00. The number of nitrogens with zero attached hydrogens (tertiary/aromatic N) is 1. The molecule has 2 atom stereocenters. The van der Waals surface area contributed by atoms with Crippen molar-refractivity contribution in [2.75, 3.05) is 13.1 Å². The Hall–Kier alpha value is -2.13. The number of carbonyl (C=O) groups excluding carboxylic acids is 1. The Morgan fingerprint density at radius 3 is 2.29 bits per heavy atom. The number of benzene rings is 2. The third kappa shape index (κ3) is 4.04. The van der Waals surface area contributed by atoms with Crippen LogP contribution in [0.15, 0.2) is 60.7 Å². The molecule has 1 saturated heterocycles. The van der Waals surface area contributed by atoms with Crippen LogP contribution in [0.1, 0.15) is 24.5 Å². The minimum atomic E-state index is -0.723. The van der Waals surface area contributed by atoms with Crippen LogP contribution in [0, 0.1) is 5.92 Å². The molecule has 1 heterocycles. The van der Waals surface area contributed by atoms with Crippen molar-refractivity contribution in [3.63, 3.8) is 0 Å². The van der Waals surface area contributed by atoms with Gasteiger partial charge in [0, 0.05) is 19.0 Å². The number of aliphatic hydroxyl groups is 1. The van der Waals surface area contributed by atoms with Crippen molar-refractivity contribution in [3.8, 4) is 0 Å². The van der Waals surface area contributed by atoms with Gasteiger partial charge in [0.25, 0.3) is 0 Å².